The number of nitrogens with zero attached hydrogens (tertiary/aromatic N) is 1. The molecule has 3 amide bonds. The second kappa shape index (κ2) is 6.20. The number of ether oxygens (including phenoxy) is 1. The van der Waals surface area contributed by atoms with E-state index in [4.69, 9.17) is 4.74 Å². The van der Waals surface area contributed by atoms with Gasteiger partial charge in [0.15, 0.2) is 0 Å². The van der Waals surface area contributed by atoms with Gasteiger partial charge in [-0.3, -0.25) is 9.69 Å². The molecule has 1 atom stereocenters. The standard InChI is InChI=1S/C17H23N3O3/c1-17(13-3-5-14(23-2)6-4-13)15(21)20(16(22)19-17)11-12-7-9-18-10-8-12/h3-6,12,18H,7-11H2,1-2H3,(H,19,22). The monoisotopic (exact) mass is 317 g/mol. The van der Waals surface area contributed by atoms with E-state index in [2.05, 4.69) is 10.6 Å². The Morgan fingerprint density at radius 1 is 1.22 bits per heavy atom. The maximum atomic E-state index is 12.9. The highest BCUT2D eigenvalue weighted by Gasteiger charge is 2.49. The third kappa shape index (κ3) is 2.91. The fourth-order valence-electron chi connectivity index (χ4n) is 3.31. The summed E-state index contributed by atoms with van der Waals surface area (Å²) in [5.41, 5.74) is -0.236. The first-order chi connectivity index (χ1) is 11.0. The first-order valence-corrected chi connectivity index (χ1v) is 8.04. The van der Waals surface area contributed by atoms with Gasteiger partial charge in [-0.1, -0.05) is 12.1 Å². The number of carbonyl (C=O) groups is 2. The van der Waals surface area contributed by atoms with Crippen LogP contribution in [0.25, 0.3) is 0 Å². The minimum atomic E-state index is -1.00. The van der Waals surface area contributed by atoms with Crippen LogP contribution in [0.1, 0.15) is 25.3 Å². The molecule has 0 radical (unpaired) electrons. The Kier molecular flexibility index (Phi) is 4.26. The van der Waals surface area contributed by atoms with Crippen molar-refractivity contribution in [1.29, 1.82) is 0 Å². The molecule has 0 bridgehead atoms. The van der Waals surface area contributed by atoms with Crippen molar-refractivity contribution in [3.05, 3.63) is 29.8 Å². The highest BCUT2D eigenvalue weighted by atomic mass is 16.5. The average Bonchev–Trinajstić information content (AvgIpc) is 2.80. The number of hydrogen-bond acceptors (Lipinski definition) is 4. The topological polar surface area (TPSA) is 70.7 Å². The number of carbonyl (C=O) groups excluding carboxylic acids is 2. The Bertz CT molecular complexity index is 596. The van der Waals surface area contributed by atoms with Crippen LogP contribution in [0.3, 0.4) is 0 Å². The quantitative estimate of drug-likeness (QED) is 0.825. The molecule has 23 heavy (non-hydrogen) atoms. The molecular weight excluding hydrogens is 294 g/mol. The van der Waals surface area contributed by atoms with Crippen molar-refractivity contribution in [2.75, 3.05) is 26.7 Å². The summed E-state index contributed by atoms with van der Waals surface area (Å²) < 4.78 is 5.15. The van der Waals surface area contributed by atoms with Gasteiger partial charge in [0.2, 0.25) is 0 Å². The molecule has 0 spiro atoms. The maximum absolute atomic E-state index is 12.9. The zero-order valence-corrected chi connectivity index (χ0v) is 13.6. The van der Waals surface area contributed by atoms with E-state index in [1.54, 1.807) is 26.2 Å². The molecule has 2 heterocycles. The van der Waals surface area contributed by atoms with Gasteiger partial charge in [-0.05, 0) is 56.5 Å². The lowest BCUT2D eigenvalue weighted by atomic mass is 9.91. The minimum Gasteiger partial charge on any atom is -0.497 e. The number of piperidine rings is 1. The zero-order valence-electron chi connectivity index (χ0n) is 13.6. The van der Waals surface area contributed by atoms with Crippen molar-refractivity contribution in [2.45, 2.75) is 25.3 Å². The number of nitrogens with one attached hydrogen (secondary N) is 2. The summed E-state index contributed by atoms with van der Waals surface area (Å²) in [5, 5.41) is 6.15. The lowest BCUT2D eigenvalue weighted by Gasteiger charge is -2.27. The zero-order chi connectivity index (χ0) is 16.4. The van der Waals surface area contributed by atoms with Crippen molar-refractivity contribution in [2.24, 2.45) is 5.92 Å². The van der Waals surface area contributed by atoms with Gasteiger partial charge >= 0.3 is 6.03 Å². The molecule has 1 unspecified atom stereocenters. The Labute approximate surface area is 136 Å². The molecule has 6 heteroatoms. The molecule has 0 aliphatic carbocycles. The molecule has 6 nitrogen and oxygen atoms in total. The summed E-state index contributed by atoms with van der Waals surface area (Å²) in [7, 11) is 1.60. The number of imide groups is 1. The fourth-order valence-corrected chi connectivity index (χ4v) is 3.31. The molecule has 124 valence electrons. The third-order valence-electron chi connectivity index (χ3n) is 4.84. The molecule has 1 aromatic rings. The molecule has 3 rings (SSSR count). The Morgan fingerprint density at radius 3 is 2.48 bits per heavy atom. The molecule has 0 aromatic heterocycles. The predicted octanol–water partition coefficient (Wildman–Crippen LogP) is 1.46. The maximum Gasteiger partial charge on any atom is 0.325 e. The number of hydrogen-bond donors (Lipinski definition) is 2. The summed E-state index contributed by atoms with van der Waals surface area (Å²) in [4.78, 5) is 26.6. The van der Waals surface area contributed by atoms with E-state index in [-0.39, 0.29) is 11.9 Å². The first kappa shape index (κ1) is 15.8. The van der Waals surface area contributed by atoms with Gasteiger partial charge in [0, 0.05) is 6.54 Å². The van der Waals surface area contributed by atoms with Crippen LogP contribution >= 0.6 is 0 Å². The largest absolute Gasteiger partial charge is 0.497 e. The van der Waals surface area contributed by atoms with Crippen molar-refractivity contribution in [3.63, 3.8) is 0 Å². The molecule has 2 aliphatic rings. The lowest BCUT2D eigenvalue weighted by molar-refractivity contribution is -0.131. The average molecular weight is 317 g/mol. The number of amides is 3. The predicted molar refractivity (Wildman–Crippen MR) is 86.2 cm³/mol. The summed E-state index contributed by atoms with van der Waals surface area (Å²) in [6.45, 7) is 4.16. The lowest BCUT2D eigenvalue weighted by Crippen LogP contribution is -2.42. The highest BCUT2D eigenvalue weighted by molar-refractivity contribution is 6.07. The Morgan fingerprint density at radius 2 is 1.87 bits per heavy atom. The molecular formula is C17H23N3O3. The SMILES string of the molecule is COc1ccc(C2(C)NC(=O)N(CC3CCNCC3)C2=O)cc1. The first-order valence-electron chi connectivity index (χ1n) is 8.04. The van der Waals surface area contributed by atoms with Gasteiger partial charge in [-0.25, -0.2) is 4.79 Å². The number of rotatable bonds is 4. The van der Waals surface area contributed by atoms with Gasteiger partial charge in [-0.15, -0.1) is 0 Å². The van der Waals surface area contributed by atoms with Gasteiger partial charge in [-0.2, -0.15) is 0 Å². The van der Waals surface area contributed by atoms with Crippen molar-refractivity contribution in [3.8, 4) is 5.75 Å². The van der Waals surface area contributed by atoms with Gasteiger partial charge in [0.05, 0.1) is 7.11 Å². The number of urea groups is 1. The van der Waals surface area contributed by atoms with E-state index in [0.717, 1.165) is 37.2 Å². The molecule has 2 fully saturated rings. The summed E-state index contributed by atoms with van der Waals surface area (Å²) in [6, 6.07) is 6.95. The molecule has 2 N–H and O–H groups in total. The second-order valence-corrected chi connectivity index (χ2v) is 6.39. The van der Waals surface area contributed by atoms with E-state index in [1.807, 2.05) is 12.1 Å². The van der Waals surface area contributed by atoms with E-state index in [0.29, 0.717) is 12.5 Å². The van der Waals surface area contributed by atoms with Gasteiger partial charge < -0.3 is 15.4 Å². The fraction of sp³-hybridized carbons (Fsp3) is 0.529. The van der Waals surface area contributed by atoms with Crippen molar-refractivity contribution in [1.82, 2.24) is 15.5 Å². The molecule has 1 aromatic carbocycles. The van der Waals surface area contributed by atoms with Crippen LogP contribution in [-0.4, -0.2) is 43.6 Å². The molecule has 2 aliphatic heterocycles. The molecule has 2 saturated heterocycles. The van der Waals surface area contributed by atoms with Crippen LogP contribution in [0.5, 0.6) is 5.75 Å². The summed E-state index contributed by atoms with van der Waals surface area (Å²) in [6.07, 6.45) is 1.99. The molecule has 0 saturated carbocycles. The van der Waals surface area contributed by atoms with Crippen LogP contribution < -0.4 is 15.4 Å². The van der Waals surface area contributed by atoms with E-state index in [9.17, 15) is 9.59 Å². The van der Waals surface area contributed by atoms with Crippen molar-refractivity contribution >= 4 is 11.9 Å². The van der Waals surface area contributed by atoms with Crippen LogP contribution in [0.4, 0.5) is 4.79 Å². The van der Waals surface area contributed by atoms with Crippen LogP contribution in [0.15, 0.2) is 24.3 Å². The van der Waals surface area contributed by atoms with Crippen LogP contribution in [-0.2, 0) is 10.3 Å². The van der Waals surface area contributed by atoms with Gasteiger partial charge in [0.1, 0.15) is 11.3 Å². The van der Waals surface area contributed by atoms with E-state index in [1.165, 1.54) is 4.90 Å². The smallest absolute Gasteiger partial charge is 0.325 e. The number of methoxy groups -OCH3 is 1. The summed E-state index contributed by atoms with van der Waals surface area (Å²) >= 11 is 0. The van der Waals surface area contributed by atoms with Crippen LogP contribution in [0, 0.1) is 5.92 Å². The third-order valence-corrected chi connectivity index (χ3v) is 4.84. The van der Waals surface area contributed by atoms with Crippen molar-refractivity contribution < 1.29 is 14.3 Å². The van der Waals surface area contributed by atoms with Crippen LogP contribution in [0.2, 0.25) is 0 Å². The normalized spacial score (nSPS) is 25.6. The Hall–Kier alpha value is -2.08. The number of benzene rings is 1. The van der Waals surface area contributed by atoms with E-state index >= 15 is 0 Å². The second-order valence-electron chi connectivity index (χ2n) is 6.39. The van der Waals surface area contributed by atoms with Gasteiger partial charge in [0.25, 0.3) is 5.91 Å². The Balaban J connectivity index is 1.78. The highest BCUT2D eigenvalue weighted by Crippen LogP contribution is 2.31. The van der Waals surface area contributed by atoms with E-state index < -0.39 is 5.54 Å². The summed E-state index contributed by atoms with van der Waals surface area (Å²) in [5.74, 6) is 0.927. The minimum absolute atomic E-state index is 0.175.